The zero-order valence-electron chi connectivity index (χ0n) is 8.97. The number of carbonyl (C=O) groups excluding carboxylic acids is 1. The second-order valence-corrected chi connectivity index (χ2v) is 3.09. The number of esters is 1. The number of benzene rings is 1. The van der Waals surface area contributed by atoms with E-state index in [0.29, 0.717) is 5.56 Å². The average molecular weight is 221 g/mol. The molecule has 5 heteroatoms. The molecule has 0 saturated heterocycles. The molecule has 1 aromatic carbocycles. The first-order chi connectivity index (χ1) is 7.57. The summed E-state index contributed by atoms with van der Waals surface area (Å²) in [5.41, 5.74) is 0.380. The third kappa shape index (κ3) is 2.44. The fourth-order valence-electron chi connectivity index (χ4n) is 1.29. The predicted octanol–water partition coefficient (Wildman–Crippen LogP) is 1.87. The van der Waals surface area contributed by atoms with E-state index in [0.717, 1.165) is 7.11 Å². The highest BCUT2D eigenvalue weighted by Gasteiger charge is 2.26. The van der Waals surface area contributed by atoms with Gasteiger partial charge in [-0.1, -0.05) is 30.3 Å². The fourth-order valence-corrected chi connectivity index (χ4v) is 1.29. The van der Waals surface area contributed by atoms with E-state index < -0.39 is 16.6 Å². The highest BCUT2D eigenvalue weighted by Crippen LogP contribution is 2.19. The highest BCUT2D eigenvalue weighted by molar-refractivity contribution is 5.94. The largest absolute Gasteiger partial charge is 0.461 e. The molecule has 1 rings (SSSR count). The van der Waals surface area contributed by atoms with E-state index in [1.54, 1.807) is 30.3 Å². The summed E-state index contributed by atoms with van der Waals surface area (Å²) in [4.78, 5) is 21.3. The van der Waals surface area contributed by atoms with Crippen molar-refractivity contribution < 1.29 is 14.5 Å². The average Bonchev–Trinajstić information content (AvgIpc) is 2.29. The van der Waals surface area contributed by atoms with Gasteiger partial charge in [0.2, 0.25) is 0 Å². The molecule has 0 aliphatic carbocycles. The van der Waals surface area contributed by atoms with Crippen molar-refractivity contribution in [3.05, 3.63) is 51.7 Å². The predicted molar refractivity (Wildman–Crippen MR) is 58.0 cm³/mol. The molecule has 0 saturated carbocycles. The molecule has 0 atom stereocenters. The fraction of sp³-hybridized carbons (Fsp3) is 0.182. The summed E-state index contributed by atoms with van der Waals surface area (Å²) in [7, 11) is 1.12. The number of nitrogens with zero attached hydrogens (tertiary/aromatic N) is 1. The lowest BCUT2D eigenvalue weighted by atomic mass is 10.1. The standard InChI is InChI=1S/C11H11NO4/c1-8(9-6-4-3-5-7-9)10(12(14)15)11(13)16-2/h3-7H,1-2H3/b10-8-. The van der Waals surface area contributed by atoms with E-state index >= 15 is 0 Å². The van der Waals surface area contributed by atoms with Crippen molar-refractivity contribution in [1.29, 1.82) is 0 Å². The third-order valence-electron chi connectivity index (χ3n) is 2.12. The Kier molecular flexibility index (Phi) is 3.77. The van der Waals surface area contributed by atoms with Gasteiger partial charge >= 0.3 is 11.7 Å². The number of allylic oxidation sites excluding steroid dienone is 1. The minimum absolute atomic E-state index is 0.289. The maximum Gasteiger partial charge on any atom is 0.409 e. The van der Waals surface area contributed by atoms with Gasteiger partial charge in [0, 0.05) is 5.57 Å². The van der Waals surface area contributed by atoms with Gasteiger partial charge in [-0.2, -0.15) is 0 Å². The van der Waals surface area contributed by atoms with Crippen molar-refractivity contribution in [3.63, 3.8) is 0 Å². The first-order valence-electron chi connectivity index (χ1n) is 4.57. The van der Waals surface area contributed by atoms with Crippen LogP contribution in [-0.2, 0) is 9.53 Å². The topological polar surface area (TPSA) is 69.4 Å². The van der Waals surface area contributed by atoms with Crippen LogP contribution >= 0.6 is 0 Å². The Bertz CT molecular complexity index is 437. The van der Waals surface area contributed by atoms with Crippen LogP contribution in [0.15, 0.2) is 36.0 Å². The Balaban J connectivity index is 3.28. The van der Waals surface area contributed by atoms with Gasteiger partial charge in [-0.15, -0.1) is 0 Å². The lowest BCUT2D eigenvalue weighted by Gasteiger charge is -2.02. The molecule has 84 valence electrons. The van der Waals surface area contributed by atoms with Crippen molar-refractivity contribution in [2.75, 3.05) is 7.11 Å². The van der Waals surface area contributed by atoms with Gasteiger partial charge in [0.15, 0.2) is 0 Å². The molecule has 1 aromatic rings. The number of methoxy groups -OCH3 is 1. The molecule has 0 aliphatic rings. The molecule has 16 heavy (non-hydrogen) atoms. The molecular formula is C11H11NO4. The van der Waals surface area contributed by atoms with E-state index in [4.69, 9.17) is 0 Å². The molecule has 5 nitrogen and oxygen atoms in total. The van der Waals surface area contributed by atoms with Crippen LogP contribution in [0.4, 0.5) is 0 Å². The smallest absolute Gasteiger partial charge is 0.409 e. The van der Waals surface area contributed by atoms with Crippen molar-refractivity contribution in [3.8, 4) is 0 Å². The summed E-state index contributed by atoms with van der Waals surface area (Å²) < 4.78 is 4.38. The lowest BCUT2D eigenvalue weighted by molar-refractivity contribution is -0.420. The highest BCUT2D eigenvalue weighted by atomic mass is 16.6. The number of hydrogen-bond acceptors (Lipinski definition) is 4. The van der Waals surface area contributed by atoms with Gasteiger partial charge in [0.25, 0.3) is 0 Å². The molecular weight excluding hydrogens is 210 g/mol. The number of nitro groups is 1. The van der Waals surface area contributed by atoms with Crippen molar-refractivity contribution in [1.82, 2.24) is 0 Å². The maximum absolute atomic E-state index is 11.2. The Morgan fingerprint density at radius 1 is 1.31 bits per heavy atom. The van der Waals surface area contributed by atoms with Crippen molar-refractivity contribution >= 4 is 11.5 Å². The van der Waals surface area contributed by atoms with Crippen LogP contribution < -0.4 is 0 Å². The van der Waals surface area contributed by atoms with Crippen molar-refractivity contribution in [2.45, 2.75) is 6.92 Å². The summed E-state index contributed by atoms with van der Waals surface area (Å²) in [6.07, 6.45) is 0. The zero-order chi connectivity index (χ0) is 12.1. The van der Waals surface area contributed by atoms with Gasteiger partial charge in [0.1, 0.15) is 0 Å². The van der Waals surface area contributed by atoms with Crippen LogP contribution in [0.5, 0.6) is 0 Å². The Labute approximate surface area is 92.5 Å². The van der Waals surface area contributed by atoms with Crippen LogP contribution in [0.2, 0.25) is 0 Å². The molecule has 0 aliphatic heterocycles. The summed E-state index contributed by atoms with van der Waals surface area (Å²) in [5.74, 6) is -0.939. The molecule has 0 amide bonds. The Morgan fingerprint density at radius 3 is 2.31 bits per heavy atom. The second-order valence-electron chi connectivity index (χ2n) is 3.09. The van der Waals surface area contributed by atoms with Crippen LogP contribution in [0, 0.1) is 10.1 Å². The van der Waals surface area contributed by atoms with Gasteiger partial charge in [-0.3, -0.25) is 10.1 Å². The van der Waals surface area contributed by atoms with Crippen LogP contribution in [-0.4, -0.2) is 18.0 Å². The first kappa shape index (κ1) is 11.9. The zero-order valence-corrected chi connectivity index (χ0v) is 8.97. The van der Waals surface area contributed by atoms with Crippen LogP contribution in [0.3, 0.4) is 0 Å². The van der Waals surface area contributed by atoms with E-state index in [-0.39, 0.29) is 5.57 Å². The molecule has 0 radical (unpaired) electrons. The van der Waals surface area contributed by atoms with Gasteiger partial charge < -0.3 is 4.74 Å². The van der Waals surface area contributed by atoms with E-state index in [9.17, 15) is 14.9 Å². The van der Waals surface area contributed by atoms with E-state index in [2.05, 4.69) is 4.74 Å². The lowest BCUT2D eigenvalue weighted by Crippen LogP contribution is -2.14. The molecule has 0 spiro atoms. The second kappa shape index (κ2) is 5.06. The minimum atomic E-state index is -0.939. The van der Waals surface area contributed by atoms with Gasteiger partial charge in [-0.25, -0.2) is 4.79 Å². The van der Waals surface area contributed by atoms with E-state index in [1.165, 1.54) is 6.92 Å². The maximum atomic E-state index is 11.2. The minimum Gasteiger partial charge on any atom is -0.461 e. The first-order valence-corrected chi connectivity index (χ1v) is 4.57. The summed E-state index contributed by atoms with van der Waals surface area (Å²) in [6, 6.07) is 8.67. The van der Waals surface area contributed by atoms with Gasteiger partial charge in [0.05, 0.1) is 12.0 Å². The quantitative estimate of drug-likeness (QED) is 0.338. The normalized spacial score (nSPS) is 11.6. The van der Waals surface area contributed by atoms with Crippen LogP contribution in [0.25, 0.3) is 5.57 Å². The van der Waals surface area contributed by atoms with E-state index in [1.807, 2.05) is 0 Å². The molecule has 0 fully saturated rings. The summed E-state index contributed by atoms with van der Waals surface area (Å²) >= 11 is 0. The van der Waals surface area contributed by atoms with Crippen LogP contribution in [0.1, 0.15) is 12.5 Å². The molecule has 0 heterocycles. The monoisotopic (exact) mass is 221 g/mol. The molecule has 0 bridgehead atoms. The Morgan fingerprint density at radius 2 is 1.88 bits per heavy atom. The Hall–Kier alpha value is -2.17. The summed E-state index contributed by atoms with van der Waals surface area (Å²) in [5, 5.41) is 10.8. The molecule has 0 N–H and O–H groups in total. The molecule has 0 unspecified atom stereocenters. The van der Waals surface area contributed by atoms with Gasteiger partial charge in [-0.05, 0) is 12.5 Å². The molecule has 0 aromatic heterocycles. The number of ether oxygens (including phenoxy) is 1. The number of carbonyl (C=O) groups is 1. The summed E-state index contributed by atoms with van der Waals surface area (Å²) in [6.45, 7) is 1.52. The third-order valence-corrected chi connectivity index (χ3v) is 2.12. The SMILES string of the molecule is COC(=O)/C(=C(\C)c1ccccc1)[N+](=O)[O-]. The number of hydrogen-bond donors (Lipinski definition) is 0. The number of rotatable bonds is 3. The van der Waals surface area contributed by atoms with Crippen molar-refractivity contribution in [2.24, 2.45) is 0 Å².